The van der Waals surface area contributed by atoms with E-state index in [0.717, 1.165) is 16.9 Å². The third-order valence-electron chi connectivity index (χ3n) is 3.28. The molecule has 0 spiro atoms. The number of hydrogen-bond acceptors (Lipinski definition) is 2. The van der Waals surface area contributed by atoms with Crippen LogP contribution in [0.4, 0.5) is 0 Å². The fraction of sp³-hybridized carbons (Fsp3) is 0.667. The van der Waals surface area contributed by atoms with Crippen molar-refractivity contribution in [1.82, 2.24) is 0 Å². The monoisotopic (exact) mass is 278 g/mol. The molecule has 0 radical (unpaired) electrons. The fourth-order valence-corrected chi connectivity index (χ4v) is 2.10. The highest BCUT2D eigenvalue weighted by atomic mass is 16.5. The van der Waals surface area contributed by atoms with E-state index >= 15 is 0 Å². The molecule has 0 aromatic heterocycles. The van der Waals surface area contributed by atoms with E-state index in [1.165, 1.54) is 0 Å². The van der Waals surface area contributed by atoms with Crippen LogP contribution in [0.25, 0.3) is 0 Å². The van der Waals surface area contributed by atoms with Gasteiger partial charge in [-0.1, -0.05) is 55.4 Å². The van der Waals surface area contributed by atoms with Crippen LogP contribution in [0.3, 0.4) is 0 Å². The molecule has 0 atom stereocenters. The lowest BCUT2D eigenvalue weighted by Gasteiger charge is -2.28. The van der Waals surface area contributed by atoms with Crippen molar-refractivity contribution >= 4 is 0 Å². The second-order valence-corrected chi connectivity index (χ2v) is 8.07. The number of phenols is 1. The summed E-state index contributed by atoms with van der Waals surface area (Å²) in [4.78, 5) is 0. The van der Waals surface area contributed by atoms with Gasteiger partial charge in [-0.3, -0.25) is 0 Å². The Bertz CT molecular complexity index is 424. The largest absolute Gasteiger partial charge is 0.507 e. The molecule has 0 saturated carbocycles. The molecular weight excluding hydrogens is 248 g/mol. The number of phenolic OH excluding ortho intramolecular Hbond substituents is 1. The van der Waals surface area contributed by atoms with E-state index in [2.05, 4.69) is 55.4 Å². The Kier molecular flexibility index (Phi) is 4.78. The summed E-state index contributed by atoms with van der Waals surface area (Å²) in [5.41, 5.74) is 1.68. The van der Waals surface area contributed by atoms with Gasteiger partial charge in [0.2, 0.25) is 0 Å². The van der Waals surface area contributed by atoms with Gasteiger partial charge in [0.15, 0.2) is 0 Å². The number of rotatable bonds is 3. The van der Waals surface area contributed by atoms with Gasteiger partial charge < -0.3 is 9.84 Å². The van der Waals surface area contributed by atoms with Gasteiger partial charge in [0.25, 0.3) is 0 Å². The van der Waals surface area contributed by atoms with E-state index in [1.807, 2.05) is 12.1 Å². The minimum Gasteiger partial charge on any atom is -0.507 e. The van der Waals surface area contributed by atoms with Gasteiger partial charge in [0.05, 0.1) is 6.61 Å². The van der Waals surface area contributed by atoms with Crippen molar-refractivity contribution in [2.75, 3.05) is 6.61 Å². The number of aromatic hydroxyl groups is 1. The maximum Gasteiger partial charge on any atom is 0.123 e. The van der Waals surface area contributed by atoms with Crippen LogP contribution in [0.1, 0.15) is 66.5 Å². The second-order valence-electron chi connectivity index (χ2n) is 8.07. The van der Waals surface area contributed by atoms with E-state index in [9.17, 15) is 5.11 Å². The molecule has 0 bridgehead atoms. The molecule has 2 heteroatoms. The molecule has 1 aromatic carbocycles. The van der Waals surface area contributed by atoms with E-state index in [-0.39, 0.29) is 10.8 Å². The molecule has 1 aromatic rings. The van der Waals surface area contributed by atoms with Crippen molar-refractivity contribution < 1.29 is 9.84 Å². The molecule has 20 heavy (non-hydrogen) atoms. The number of hydrogen-bond donors (Lipinski definition) is 1. The second kappa shape index (κ2) is 5.67. The molecule has 0 fully saturated rings. The molecule has 0 aliphatic carbocycles. The first-order chi connectivity index (χ1) is 8.93. The van der Waals surface area contributed by atoms with Gasteiger partial charge >= 0.3 is 0 Å². The Hall–Kier alpha value is -1.18. The zero-order valence-corrected chi connectivity index (χ0v) is 14.3. The molecule has 1 rings (SSSR count). The summed E-state index contributed by atoms with van der Waals surface area (Å²) >= 11 is 0. The van der Waals surface area contributed by atoms with Crippen LogP contribution < -0.4 is 4.74 Å². The molecule has 1 N–H and O–H groups in total. The van der Waals surface area contributed by atoms with Crippen LogP contribution in [0.5, 0.6) is 11.5 Å². The summed E-state index contributed by atoms with van der Waals surface area (Å²) in [6.45, 7) is 17.6. The Morgan fingerprint density at radius 1 is 0.950 bits per heavy atom. The predicted molar refractivity (Wildman–Crippen MR) is 85.8 cm³/mol. The SMILES string of the molecule is CC(C)COc1cc(C(C)(C)C)c(O)c(C(C)(C)C)c1. The summed E-state index contributed by atoms with van der Waals surface area (Å²) in [6.07, 6.45) is 0. The van der Waals surface area contributed by atoms with Crippen molar-refractivity contribution in [2.45, 2.75) is 66.2 Å². The van der Waals surface area contributed by atoms with E-state index in [0.29, 0.717) is 18.3 Å². The Morgan fingerprint density at radius 2 is 1.35 bits per heavy atom. The first kappa shape index (κ1) is 16.9. The van der Waals surface area contributed by atoms with Crippen LogP contribution in [0, 0.1) is 5.92 Å². The number of ether oxygens (including phenoxy) is 1. The van der Waals surface area contributed by atoms with E-state index in [1.54, 1.807) is 0 Å². The standard InChI is InChI=1S/C18H30O2/c1-12(2)11-20-13-9-14(17(3,4)5)16(19)15(10-13)18(6,7)8/h9-10,12,19H,11H2,1-8H3. The lowest BCUT2D eigenvalue weighted by Crippen LogP contribution is -2.18. The highest BCUT2D eigenvalue weighted by molar-refractivity contribution is 5.51. The fourth-order valence-electron chi connectivity index (χ4n) is 2.10. The normalized spacial score (nSPS) is 12.8. The average Bonchev–Trinajstić information content (AvgIpc) is 2.24. The first-order valence-electron chi connectivity index (χ1n) is 7.43. The van der Waals surface area contributed by atoms with Crippen molar-refractivity contribution in [3.05, 3.63) is 23.3 Å². The van der Waals surface area contributed by atoms with Crippen LogP contribution in [0.15, 0.2) is 12.1 Å². The Labute approximate surface area is 124 Å². The summed E-state index contributed by atoms with van der Waals surface area (Å²) < 4.78 is 5.88. The molecule has 0 unspecified atom stereocenters. The summed E-state index contributed by atoms with van der Waals surface area (Å²) in [5, 5.41) is 10.6. The molecule has 114 valence electrons. The summed E-state index contributed by atoms with van der Waals surface area (Å²) in [7, 11) is 0. The zero-order valence-electron chi connectivity index (χ0n) is 14.3. The maximum absolute atomic E-state index is 10.6. The lowest BCUT2D eigenvalue weighted by molar-refractivity contribution is 0.269. The van der Waals surface area contributed by atoms with Crippen LogP contribution in [0.2, 0.25) is 0 Å². The van der Waals surface area contributed by atoms with Gasteiger partial charge in [-0.2, -0.15) is 0 Å². The topological polar surface area (TPSA) is 29.5 Å². The highest BCUT2D eigenvalue weighted by Gasteiger charge is 2.26. The maximum atomic E-state index is 10.6. The third kappa shape index (κ3) is 4.16. The summed E-state index contributed by atoms with van der Waals surface area (Å²) in [6, 6.07) is 3.96. The summed E-state index contributed by atoms with van der Waals surface area (Å²) in [5.74, 6) is 1.74. The van der Waals surface area contributed by atoms with Crippen molar-refractivity contribution in [3.63, 3.8) is 0 Å². The van der Waals surface area contributed by atoms with E-state index in [4.69, 9.17) is 4.74 Å². The Balaban J connectivity index is 3.35. The van der Waals surface area contributed by atoms with Crippen LogP contribution in [-0.4, -0.2) is 11.7 Å². The molecule has 2 nitrogen and oxygen atoms in total. The van der Waals surface area contributed by atoms with Crippen molar-refractivity contribution in [1.29, 1.82) is 0 Å². The quantitative estimate of drug-likeness (QED) is 0.841. The van der Waals surface area contributed by atoms with Gasteiger partial charge in [-0.15, -0.1) is 0 Å². The number of benzene rings is 1. The van der Waals surface area contributed by atoms with Crippen molar-refractivity contribution in [2.24, 2.45) is 5.92 Å². The minimum absolute atomic E-state index is 0.110. The Morgan fingerprint density at radius 3 is 1.65 bits per heavy atom. The molecule has 0 aliphatic rings. The lowest BCUT2D eigenvalue weighted by atomic mass is 9.79. The van der Waals surface area contributed by atoms with Gasteiger partial charge in [0, 0.05) is 11.1 Å². The van der Waals surface area contributed by atoms with E-state index < -0.39 is 0 Å². The van der Waals surface area contributed by atoms with Crippen molar-refractivity contribution in [3.8, 4) is 11.5 Å². The smallest absolute Gasteiger partial charge is 0.123 e. The van der Waals surface area contributed by atoms with Crippen LogP contribution >= 0.6 is 0 Å². The molecular formula is C18H30O2. The molecule has 0 aliphatic heterocycles. The molecule has 0 amide bonds. The van der Waals surface area contributed by atoms with Crippen LogP contribution in [-0.2, 0) is 10.8 Å². The average molecular weight is 278 g/mol. The molecule has 0 heterocycles. The van der Waals surface area contributed by atoms with Gasteiger partial charge in [-0.25, -0.2) is 0 Å². The highest BCUT2D eigenvalue weighted by Crippen LogP contribution is 2.41. The first-order valence-corrected chi connectivity index (χ1v) is 7.43. The van der Waals surface area contributed by atoms with Gasteiger partial charge in [-0.05, 0) is 28.9 Å². The zero-order chi connectivity index (χ0) is 15.7. The van der Waals surface area contributed by atoms with Gasteiger partial charge in [0.1, 0.15) is 11.5 Å². The predicted octanol–water partition coefficient (Wildman–Crippen LogP) is 5.02. The molecule has 0 saturated heterocycles. The third-order valence-corrected chi connectivity index (χ3v) is 3.28. The minimum atomic E-state index is -0.110.